The average molecular weight is 1070 g/mol. The number of aryl methyl sites for hydroxylation is 1. The van der Waals surface area contributed by atoms with Crippen LogP contribution in [0.15, 0.2) is 47.3 Å². The minimum Gasteiger partial charge on any atom is -0.458 e. The monoisotopic (exact) mass is 1070 g/mol. The average Bonchev–Trinajstić information content (AvgIpc) is 3.97. The van der Waals surface area contributed by atoms with Crippen LogP contribution in [0.4, 0.5) is 4.39 Å². The Bertz CT molecular complexity index is 3100. The van der Waals surface area contributed by atoms with Gasteiger partial charge in [0.25, 0.3) is 5.56 Å². The highest BCUT2D eigenvalue weighted by atomic mass is 32.2. The molecular formula is C53H60FN9O12S. The normalized spacial score (nSPS) is 18.5. The summed E-state index contributed by atoms with van der Waals surface area (Å²) < 4.78 is 22.1. The fraction of sp³-hybridized carbons (Fsp3) is 0.453. The molecule has 7 N–H and O–H groups in total. The molecule has 5 heterocycles. The van der Waals surface area contributed by atoms with Crippen molar-refractivity contribution in [2.24, 2.45) is 5.92 Å². The predicted molar refractivity (Wildman–Crippen MR) is 274 cm³/mol. The SMILES string of the molecule is CC[C@@]1(O)C(=O)OCc2c1cc1n(c2=O)Cc2c-1nc1cc(F)c(C)c3c1c2[C@@H](NC(=O)CSCNC(=O)CNC(=O)[C@H](Cc1ccccc1)NC(=O)CNC(=O)CNC(=O)CCCCCN1C(=O)CC(C)C1=O)CC3. The maximum Gasteiger partial charge on any atom is 0.343 e. The van der Waals surface area contributed by atoms with Gasteiger partial charge in [-0.3, -0.25) is 48.1 Å². The van der Waals surface area contributed by atoms with Gasteiger partial charge in [0, 0.05) is 54.3 Å². The van der Waals surface area contributed by atoms with Crippen molar-refractivity contribution in [3.63, 3.8) is 0 Å². The van der Waals surface area contributed by atoms with E-state index in [2.05, 4.69) is 31.9 Å². The van der Waals surface area contributed by atoms with Gasteiger partial charge in [0.15, 0.2) is 5.60 Å². The number of esters is 1. The number of nitrogens with zero attached hydrogens (tertiary/aromatic N) is 3. The maximum atomic E-state index is 15.4. The van der Waals surface area contributed by atoms with Crippen LogP contribution in [-0.2, 0) is 79.5 Å². The molecule has 1 saturated heterocycles. The lowest BCUT2D eigenvalue weighted by Crippen LogP contribution is -2.52. The second-order valence-corrected chi connectivity index (χ2v) is 20.4. The summed E-state index contributed by atoms with van der Waals surface area (Å²) >= 11 is 1.10. The van der Waals surface area contributed by atoms with Crippen LogP contribution < -0.4 is 37.5 Å². The fourth-order valence-electron chi connectivity index (χ4n) is 10.2. The standard InChI is InChI=1S/C53H60FN9O12S/c1-4-53(74)34-19-39-48-32(24-63(39)51(72)33(34)25-75-52(53)73)47-36(15-14-31-29(3)35(54)20-37(61-48)46(31)47)59-44(68)26-76-27-58-42(66)22-57-49(70)38(18-30-11-7-5-8-12-30)60-43(67)23-56-41(65)21-55-40(64)13-9-6-10-16-62-45(69)17-28(2)50(62)71/h5,7-8,11-12,19-20,28,36,38,74H,4,6,9-10,13-18,21-27H2,1-3H3,(H,55,64)(H,56,65)(H,57,70)(H,58,66)(H,59,68)(H,60,67)/t28?,36-,38-,53-/m0/s1. The highest BCUT2D eigenvalue weighted by Gasteiger charge is 2.46. The van der Waals surface area contributed by atoms with Crippen molar-refractivity contribution in [2.45, 2.75) is 109 Å². The number of amides is 8. The first-order chi connectivity index (χ1) is 36.4. The van der Waals surface area contributed by atoms with Crippen LogP contribution in [0.25, 0.3) is 22.3 Å². The molecular weight excluding hydrogens is 1010 g/mol. The fourth-order valence-corrected chi connectivity index (χ4v) is 10.8. The quantitative estimate of drug-likeness (QED) is 0.0224. The van der Waals surface area contributed by atoms with Gasteiger partial charge in [0.05, 0.1) is 66.3 Å². The number of imide groups is 1. The number of unbranched alkanes of at least 4 members (excludes halogenated alkanes) is 2. The van der Waals surface area contributed by atoms with Gasteiger partial charge in [-0.2, -0.15) is 0 Å². The number of fused-ring (bicyclic) bond motifs is 5. The molecule has 2 aromatic heterocycles. The smallest absolute Gasteiger partial charge is 0.343 e. The Balaban J connectivity index is 0.800. The van der Waals surface area contributed by atoms with Gasteiger partial charge in [0.2, 0.25) is 47.3 Å². The van der Waals surface area contributed by atoms with Crippen molar-refractivity contribution in [3.05, 3.63) is 97.6 Å². The topological polar surface area (TPSA) is 293 Å². The lowest BCUT2D eigenvalue weighted by atomic mass is 9.81. The summed E-state index contributed by atoms with van der Waals surface area (Å²) in [6, 6.07) is 10.0. The molecule has 0 saturated carbocycles. The highest BCUT2D eigenvalue weighted by Crippen LogP contribution is 2.46. The Morgan fingerprint density at radius 1 is 0.895 bits per heavy atom. The number of hydrogen-bond acceptors (Lipinski definition) is 14. The number of cyclic esters (lactones) is 1. The summed E-state index contributed by atoms with van der Waals surface area (Å²) in [5.74, 6) is -5.40. The minimum atomic E-state index is -2.04. The van der Waals surface area contributed by atoms with E-state index in [0.29, 0.717) is 83.2 Å². The zero-order chi connectivity index (χ0) is 54.4. The van der Waals surface area contributed by atoms with Gasteiger partial charge in [0.1, 0.15) is 18.5 Å². The van der Waals surface area contributed by atoms with Crippen molar-refractivity contribution in [3.8, 4) is 11.4 Å². The van der Waals surface area contributed by atoms with Crippen LogP contribution >= 0.6 is 11.8 Å². The number of pyridine rings is 2. The summed E-state index contributed by atoms with van der Waals surface area (Å²) in [7, 11) is 0. The number of nitrogens with one attached hydrogen (secondary N) is 6. The number of likely N-dealkylation sites (tertiary alicyclic amines) is 1. The Kier molecular flexibility index (Phi) is 17.0. The van der Waals surface area contributed by atoms with E-state index in [4.69, 9.17) is 9.72 Å². The third-order valence-corrected chi connectivity index (χ3v) is 15.1. The highest BCUT2D eigenvalue weighted by molar-refractivity contribution is 7.99. The molecule has 402 valence electrons. The number of hydrogen-bond donors (Lipinski definition) is 7. The number of thioether (sulfide) groups is 1. The molecule has 1 unspecified atom stereocenters. The van der Waals surface area contributed by atoms with Crippen LogP contribution in [0, 0.1) is 18.7 Å². The van der Waals surface area contributed by atoms with Crippen LogP contribution in [0.2, 0.25) is 0 Å². The van der Waals surface area contributed by atoms with Gasteiger partial charge in [-0.1, -0.05) is 50.6 Å². The first-order valence-electron chi connectivity index (χ1n) is 25.3. The molecule has 8 amide bonds. The molecule has 23 heteroatoms. The summed E-state index contributed by atoms with van der Waals surface area (Å²) in [6.45, 7) is 3.73. The number of carbonyl (C=O) groups excluding carboxylic acids is 9. The van der Waals surface area contributed by atoms with E-state index in [1.807, 2.05) is 0 Å². The van der Waals surface area contributed by atoms with Gasteiger partial charge < -0.3 is 46.3 Å². The second-order valence-electron chi connectivity index (χ2n) is 19.4. The lowest BCUT2D eigenvalue weighted by Gasteiger charge is -2.31. The summed E-state index contributed by atoms with van der Waals surface area (Å²) in [5, 5.41) is 27.8. The lowest BCUT2D eigenvalue weighted by molar-refractivity contribution is -0.172. The van der Waals surface area contributed by atoms with Crippen molar-refractivity contribution >= 4 is 75.9 Å². The predicted octanol–water partition coefficient (Wildman–Crippen LogP) is 1.47. The number of rotatable bonds is 22. The van der Waals surface area contributed by atoms with E-state index in [1.165, 1.54) is 15.5 Å². The van der Waals surface area contributed by atoms with Gasteiger partial charge in [-0.15, -0.1) is 11.8 Å². The largest absolute Gasteiger partial charge is 0.458 e. The van der Waals surface area contributed by atoms with Crippen LogP contribution in [0.1, 0.15) is 104 Å². The zero-order valence-corrected chi connectivity index (χ0v) is 43.2. The van der Waals surface area contributed by atoms with Gasteiger partial charge in [-0.05, 0) is 67.3 Å². The van der Waals surface area contributed by atoms with E-state index in [0.717, 1.165) is 17.3 Å². The number of halogens is 1. The maximum absolute atomic E-state index is 15.4. The van der Waals surface area contributed by atoms with Crippen molar-refractivity contribution in [2.75, 3.05) is 37.8 Å². The van der Waals surface area contributed by atoms with Crippen molar-refractivity contribution in [1.29, 1.82) is 0 Å². The molecule has 3 aliphatic heterocycles. The molecule has 1 fully saturated rings. The first kappa shape index (κ1) is 54.7. The van der Waals surface area contributed by atoms with E-state index in [-0.39, 0.29) is 97.7 Å². The van der Waals surface area contributed by atoms with Crippen LogP contribution in [0.5, 0.6) is 0 Å². The molecule has 76 heavy (non-hydrogen) atoms. The summed E-state index contributed by atoms with van der Waals surface area (Å²) in [4.78, 5) is 134. The third kappa shape index (κ3) is 11.8. The molecule has 2 aromatic carbocycles. The molecule has 4 aliphatic rings. The van der Waals surface area contributed by atoms with E-state index in [9.17, 15) is 53.1 Å². The minimum absolute atomic E-state index is 0.00279. The molecule has 21 nitrogen and oxygen atoms in total. The van der Waals surface area contributed by atoms with Gasteiger partial charge in [-0.25, -0.2) is 14.2 Å². The first-order valence-corrected chi connectivity index (χ1v) is 26.5. The molecule has 1 aliphatic carbocycles. The van der Waals surface area contributed by atoms with Gasteiger partial charge >= 0.3 is 5.97 Å². The van der Waals surface area contributed by atoms with E-state index < -0.39 is 71.7 Å². The second kappa shape index (κ2) is 23.6. The molecule has 4 atom stereocenters. The molecule has 0 spiro atoms. The third-order valence-electron chi connectivity index (χ3n) is 14.3. The Hall–Kier alpha value is -7.53. The van der Waals surface area contributed by atoms with Crippen LogP contribution in [-0.4, -0.2) is 117 Å². The van der Waals surface area contributed by atoms with Crippen LogP contribution in [0.3, 0.4) is 0 Å². The Labute approximate surface area is 440 Å². The number of carbonyl (C=O) groups is 9. The molecule has 8 rings (SSSR count). The Morgan fingerprint density at radius 2 is 1.62 bits per heavy atom. The number of aliphatic hydroxyl groups is 1. The number of aromatic nitrogens is 2. The summed E-state index contributed by atoms with van der Waals surface area (Å²) in [6.07, 6.45) is 2.84. The summed E-state index contributed by atoms with van der Waals surface area (Å²) in [5.41, 5.74) is 2.12. The molecule has 0 radical (unpaired) electrons. The van der Waals surface area contributed by atoms with E-state index in [1.54, 1.807) is 57.2 Å². The zero-order valence-electron chi connectivity index (χ0n) is 42.4. The Morgan fingerprint density at radius 3 is 2.36 bits per heavy atom. The number of benzene rings is 2. The molecule has 4 aromatic rings. The number of ether oxygens (including phenoxy) is 1. The van der Waals surface area contributed by atoms with Crippen molar-refractivity contribution < 1.29 is 57.4 Å². The molecule has 0 bridgehead atoms. The van der Waals surface area contributed by atoms with E-state index >= 15 is 4.39 Å². The van der Waals surface area contributed by atoms with Crippen molar-refractivity contribution in [1.82, 2.24) is 46.4 Å².